The third-order valence-corrected chi connectivity index (χ3v) is 4.46. The van der Waals surface area contributed by atoms with Gasteiger partial charge in [0.15, 0.2) is 13.2 Å². The molecule has 0 aliphatic heterocycles. The van der Waals surface area contributed by atoms with Crippen molar-refractivity contribution in [1.82, 2.24) is 15.1 Å². The molecule has 3 rings (SSSR count). The zero-order chi connectivity index (χ0) is 22.9. The third kappa shape index (κ3) is 6.18. The average Bonchev–Trinajstić information content (AvgIpc) is 3.09. The summed E-state index contributed by atoms with van der Waals surface area (Å²) in [5, 5.41) is 9.55. The number of nitrogens with zero attached hydrogens (tertiary/aromatic N) is 2. The van der Waals surface area contributed by atoms with Crippen LogP contribution in [0.3, 0.4) is 0 Å². The summed E-state index contributed by atoms with van der Waals surface area (Å²) in [6.07, 6.45) is 0. The summed E-state index contributed by atoms with van der Waals surface area (Å²) >= 11 is 0. The summed E-state index contributed by atoms with van der Waals surface area (Å²) in [6.45, 7) is 2.53. The molecule has 166 valence electrons. The van der Waals surface area contributed by atoms with Crippen molar-refractivity contribution < 1.29 is 23.9 Å². The van der Waals surface area contributed by atoms with Crippen LogP contribution >= 0.6 is 0 Å². The average molecular weight is 436 g/mol. The lowest BCUT2D eigenvalue weighted by Crippen LogP contribution is -2.35. The lowest BCUT2D eigenvalue weighted by molar-refractivity contribution is -0.147. The predicted molar refractivity (Wildman–Crippen MR) is 118 cm³/mol. The van der Waals surface area contributed by atoms with E-state index in [1.165, 1.54) is 0 Å². The summed E-state index contributed by atoms with van der Waals surface area (Å²) in [5.74, 6) is -1.17. The van der Waals surface area contributed by atoms with E-state index in [1.54, 1.807) is 35.9 Å². The standard InChI is InChI=1S/C23H24N4O5/c1-16-23(17(2)27(26-16)18-9-5-3-6-10-18)25-21(29)15-32-22(30)13-24-20(28)14-31-19-11-7-4-8-12-19/h3-12H,13-15H2,1-2H3,(H,24,28)(H,25,29). The highest BCUT2D eigenvalue weighted by Gasteiger charge is 2.16. The number of carbonyl (C=O) groups is 3. The molecule has 9 nitrogen and oxygen atoms in total. The first-order valence-electron chi connectivity index (χ1n) is 9.95. The van der Waals surface area contributed by atoms with Gasteiger partial charge >= 0.3 is 5.97 Å². The zero-order valence-corrected chi connectivity index (χ0v) is 17.8. The van der Waals surface area contributed by atoms with Crippen molar-refractivity contribution in [2.75, 3.05) is 25.1 Å². The minimum absolute atomic E-state index is 0.234. The molecule has 0 fully saturated rings. The summed E-state index contributed by atoms with van der Waals surface area (Å²) in [6, 6.07) is 18.4. The molecule has 0 aliphatic rings. The highest BCUT2D eigenvalue weighted by atomic mass is 16.5. The van der Waals surface area contributed by atoms with E-state index in [2.05, 4.69) is 15.7 Å². The normalized spacial score (nSPS) is 10.3. The number of ether oxygens (including phenoxy) is 2. The maximum atomic E-state index is 12.2. The van der Waals surface area contributed by atoms with Gasteiger partial charge in [-0.05, 0) is 38.1 Å². The molecule has 2 N–H and O–H groups in total. The Morgan fingerprint density at radius 1 is 0.906 bits per heavy atom. The number of aromatic nitrogens is 2. The second kappa shape index (κ2) is 10.8. The van der Waals surface area contributed by atoms with Crippen molar-refractivity contribution in [2.45, 2.75) is 13.8 Å². The van der Waals surface area contributed by atoms with E-state index in [-0.39, 0.29) is 13.2 Å². The fourth-order valence-electron chi connectivity index (χ4n) is 2.90. The van der Waals surface area contributed by atoms with E-state index in [4.69, 9.17) is 9.47 Å². The second-order valence-corrected chi connectivity index (χ2v) is 6.88. The zero-order valence-electron chi connectivity index (χ0n) is 17.8. The van der Waals surface area contributed by atoms with Gasteiger partial charge in [0.2, 0.25) is 0 Å². The molecule has 0 bridgehead atoms. The Labute approximate surface area is 185 Å². The van der Waals surface area contributed by atoms with Gasteiger partial charge in [0.05, 0.1) is 22.8 Å². The van der Waals surface area contributed by atoms with Crippen LogP contribution in [0.25, 0.3) is 5.69 Å². The smallest absolute Gasteiger partial charge is 0.325 e. The van der Waals surface area contributed by atoms with Crippen molar-refractivity contribution in [2.24, 2.45) is 0 Å². The molecule has 0 radical (unpaired) electrons. The number of anilines is 1. The van der Waals surface area contributed by atoms with Gasteiger partial charge in [-0.25, -0.2) is 4.68 Å². The van der Waals surface area contributed by atoms with E-state index in [9.17, 15) is 14.4 Å². The molecule has 32 heavy (non-hydrogen) atoms. The molecule has 3 aromatic rings. The number of para-hydroxylation sites is 2. The molecule has 1 heterocycles. The fourth-order valence-corrected chi connectivity index (χ4v) is 2.90. The number of aryl methyl sites for hydroxylation is 1. The van der Waals surface area contributed by atoms with E-state index in [1.807, 2.05) is 43.3 Å². The molecule has 0 spiro atoms. The largest absolute Gasteiger partial charge is 0.484 e. The summed E-state index contributed by atoms with van der Waals surface area (Å²) in [7, 11) is 0. The van der Waals surface area contributed by atoms with Crippen molar-refractivity contribution in [3.05, 3.63) is 72.1 Å². The topological polar surface area (TPSA) is 112 Å². The fraction of sp³-hybridized carbons (Fsp3) is 0.217. The minimum atomic E-state index is -0.735. The van der Waals surface area contributed by atoms with Crippen LogP contribution in [0.4, 0.5) is 5.69 Å². The molecule has 0 unspecified atom stereocenters. The summed E-state index contributed by atoms with van der Waals surface area (Å²) in [4.78, 5) is 35.8. The van der Waals surface area contributed by atoms with Crippen LogP contribution in [0, 0.1) is 13.8 Å². The molecule has 2 amide bonds. The van der Waals surface area contributed by atoms with Gasteiger partial charge in [-0.15, -0.1) is 0 Å². The highest BCUT2D eigenvalue weighted by Crippen LogP contribution is 2.22. The Bertz CT molecular complexity index is 1080. The monoisotopic (exact) mass is 436 g/mol. The number of rotatable bonds is 9. The first-order chi connectivity index (χ1) is 15.4. The maximum absolute atomic E-state index is 12.2. The molecular weight excluding hydrogens is 412 g/mol. The van der Waals surface area contributed by atoms with E-state index in [0.717, 1.165) is 11.4 Å². The van der Waals surface area contributed by atoms with E-state index >= 15 is 0 Å². The van der Waals surface area contributed by atoms with E-state index < -0.39 is 24.4 Å². The Hall–Kier alpha value is -4.14. The quantitative estimate of drug-likeness (QED) is 0.497. The Balaban J connectivity index is 1.42. The predicted octanol–water partition coefficient (Wildman–Crippen LogP) is 2.17. The minimum Gasteiger partial charge on any atom is -0.484 e. The van der Waals surface area contributed by atoms with Crippen molar-refractivity contribution >= 4 is 23.5 Å². The van der Waals surface area contributed by atoms with Gasteiger partial charge in [0, 0.05) is 0 Å². The Kier molecular flexibility index (Phi) is 7.58. The number of amides is 2. The SMILES string of the molecule is Cc1nn(-c2ccccc2)c(C)c1NC(=O)COC(=O)CNC(=O)COc1ccccc1. The maximum Gasteiger partial charge on any atom is 0.325 e. The number of hydrogen-bond donors (Lipinski definition) is 2. The molecule has 2 aromatic carbocycles. The lowest BCUT2D eigenvalue weighted by Gasteiger charge is -2.09. The van der Waals surface area contributed by atoms with Gasteiger partial charge in [-0.2, -0.15) is 5.10 Å². The van der Waals surface area contributed by atoms with Crippen molar-refractivity contribution in [3.63, 3.8) is 0 Å². The van der Waals surface area contributed by atoms with Crippen LogP contribution in [0.2, 0.25) is 0 Å². The van der Waals surface area contributed by atoms with Crippen LogP contribution in [0.5, 0.6) is 5.75 Å². The number of esters is 1. The van der Waals surface area contributed by atoms with Crippen molar-refractivity contribution in [3.8, 4) is 11.4 Å². The van der Waals surface area contributed by atoms with Crippen LogP contribution in [0.1, 0.15) is 11.4 Å². The molecule has 0 atom stereocenters. The Morgan fingerprint density at radius 3 is 2.25 bits per heavy atom. The molecule has 0 saturated heterocycles. The highest BCUT2D eigenvalue weighted by molar-refractivity contribution is 5.94. The molecular formula is C23H24N4O5. The van der Waals surface area contributed by atoms with Gasteiger partial charge in [-0.3, -0.25) is 14.4 Å². The molecule has 0 aliphatic carbocycles. The van der Waals surface area contributed by atoms with E-state index in [0.29, 0.717) is 17.1 Å². The van der Waals surface area contributed by atoms with Crippen LogP contribution in [-0.2, 0) is 19.1 Å². The molecule has 0 saturated carbocycles. The first-order valence-corrected chi connectivity index (χ1v) is 9.95. The van der Waals surface area contributed by atoms with Crippen LogP contribution in [-0.4, -0.2) is 47.3 Å². The van der Waals surface area contributed by atoms with Gasteiger partial charge in [0.1, 0.15) is 12.3 Å². The summed E-state index contributed by atoms with van der Waals surface area (Å²) < 4.78 is 11.9. The van der Waals surface area contributed by atoms with Crippen molar-refractivity contribution in [1.29, 1.82) is 0 Å². The Morgan fingerprint density at radius 2 is 1.56 bits per heavy atom. The number of carbonyl (C=O) groups excluding carboxylic acids is 3. The second-order valence-electron chi connectivity index (χ2n) is 6.88. The van der Waals surface area contributed by atoms with Gasteiger partial charge < -0.3 is 20.1 Å². The number of benzene rings is 2. The number of hydrogen-bond acceptors (Lipinski definition) is 6. The van der Waals surface area contributed by atoms with Gasteiger partial charge in [0.25, 0.3) is 11.8 Å². The first kappa shape index (κ1) is 22.5. The van der Waals surface area contributed by atoms with Crippen LogP contribution < -0.4 is 15.4 Å². The summed E-state index contributed by atoms with van der Waals surface area (Å²) in [5.41, 5.74) is 2.81. The third-order valence-electron chi connectivity index (χ3n) is 4.46. The van der Waals surface area contributed by atoms with Gasteiger partial charge in [-0.1, -0.05) is 36.4 Å². The molecule has 1 aromatic heterocycles. The molecule has 9 heteroatoms. The van der Waals surface area contributed by atoms with Crippen LogP contribution in [0.15, 0.2) is 60.7 Å². The lowest BCUT2D eigenvalue weighted by atomic mass is 10.3. The number of nitrogens with one attached hydrogen (secondary N) is 2.